The molecule has 0 bridgehead atoms. The smallest absolute Gasteiger partial charge is 0.323 e. The number of ether oxygens (including phenoxy) is 1. The Hall–Kier alpha value is -2.86. The first kappa shape index (κ1) is 30.7. The van der Waals surface area contributed by atoms with Crippen LogP contribution < -0.4 is 19.9 Å². The van der Waals surface area contributed by atoms with Crippen LogP contribution in [-0.4, -0.2) is 12.6 Å². The topological polar surface area (TPSA) is 54.2 Å². The van der Waals surface area contributed by atoms with Crippen molar-refractivity contribution < 1.29 is 14.1 Å². The zero-order valence-electron chi connectivity index (χ0n) is 23.8. The van der Waals surface area contributed by atoms with Gasteiger partial charge in [-0.05, 0) is 30.7 Å². The van der Waals surface area contributed by atoms with Gasteiger partial charge in [0, 0.05) is 23.0 Å². The molecule has 1 heterocycles. The number of unbranched alkanes of at least 4 members (excludes halogenated alkanes) is 13. The Morgan fingerprint density at radius 1 is 0.769 bits per heavy atom. The molecular weight excluding hydrogens is 502 g/mol. The molecule has 2 aromatic carbocycles. The second-order valence-corrected chi connectivity index (χ2v) is 11.2. The van der Waals surface area contributed by atoms with Crippen molar-refractivity contribution in [2.75, 3.05) is 17.2 Å². The van der Waals surface area contributed by atoms with Gasteiger partial charge in [-0.1, -0.05) is 120 Å². The van der Waals surface area contributed by atoms with Crippen molar-refractivity contribution in [1.82, 2.24) is 0 Å². The molecule has 0 atom stereocenters. The number of amides is 2. The van der Waals surface area contributed by atoms with Crippen LogP contribution in [0.3, 0.4) is 0 Å². The van der Waals surface area contributed by atoms with Crippen molar-refractivity contribution in [1.29, 1.82) is 0 Å². The Labute approximate surface area is 240 Å². The number of anilines is 2. The van der Waals surface area contributed by atoms with Crippen LogP contribution in [0.15, 0.2) is 65.6 Å². The fourth-order valence-electron chi connectivity index (χ4n) is 4.70. The first-order valence-corrected chi connectivity index (χ1v) is 16.0. The second-order valence-electron chi connectivity index (χ2n) is 10.4. The van der Waals surface area contributed by atoms with Gasteiger partial charge in [0.1, 0.15) is 5.75 Å². The van der Waals surface area contributed by atoms with E-state index in [1.165, 1.54) is 89.0 Å². The fraction of sp³-hybridized carbons (Fsp3) is 0.515. The summed E-state index contributed by atoms with van der Waals surface area (Å²) >= 11 is 1.67. The molecule has 0 saturated carbocycles. The van der Waals surface area contributed by atoms with Crippen molar-refractivity contribution in [2.45, 2.75) is 103 Å². The Bertz CT molecular complexity index is 1040. The average molecular weight is 551 g/mol. The van der Waals surface area contributed by atoms with E-state index in [-0.39, 0.29) is 6.03 Å². The van der Waals surface area contributed by atoms with E-state index in [0.29, 0.717) is 6.61 Å². The summed E-state index contributed by atoms with van der Waals surface area (Å²) in [5.41, 5.74) is 4.75. The van der Waals surface area contributed by atoms with Crippen LogP contribution >= 0.6 is 11.3 Å². The normalized spacial score (nSPS) is 10.9. The number of carbonyl (C=O) groups is 1. The lowest BCUT2D eigenvalue weighted by Gasteiger charge is -2.10. The highest BCUT2D eigenvalue weighted by atomic mass is 32.1. The average Bonchev–Trinajstić information content (AvgIpc) is 3.45. The molecule has 0 aliphatic rings. The lowest BCUT2D eigenvalue weighted by molar-refractivity contribution is -0.683. The number of urea groups is 1. The molecule has 5 nitrogen and oxygen atoms in total. The predicted octanol–water partition coefficient (Wildman–Crippen LogP) is 9.59. The van der Waals surface area contributed by atoms with Gasteiger partial charge in [-0.25, -0.2) is 4.79 Å². The summed E-state index contributed by atoms with van der Waals surface area (Å²) in [7, 11) is 0. The SMILES string of the molecule is CCCCCCCCCCCCCCCCOc1cccc(NC(=O)Nc2ccc(C[n+]3ccsc3)cc2)c1. The van der Waals surface area contributed by atoms with Gasteiger partial charge in [-0.2, -0.15) is 4.57 Å². The van der Waals surface area contributed by atoms with Crippen molar-refractivity contribution in [3.05, 3.63) is 71.2 Å². The molecular formula is C33H48N3O2S+. The van der Waals surface area contributed by atoms with Crippen LogP contribution in [-0.2, 0) is 6.54 Å². The van der Waals surface area contributed by atoms with Crippen LogP contribution in [0, 0.1) is 0 Å². The number of nitrogens with zero attached hydrogens (tertiary/aromatic N) is 1. The standard InChI is InChI=1S/C33H47N3O2S/c1-2-3-4-5-6-7-8-9-10-11-12-13-14-15-24-38-32-18-16-17-31(26-32)35-33(37)34-30-21-19-29(20-22-30)27-36-23-25-39-28-36/h16-23,25-26,28H,2-15,24,27H2,1H3,(H-,34,35,37)/p+1. The molecule has 3 aromatic rings. The largest absolute Gasteiger partial charge is 0.494 e. The zero-order chi connectivity index (χ0) is 27.4. The van der Waals surface area contributed by atoms with Gasteiger partial charge in [0.25, 0.3) is 0 Å². The number of benzene rings is 2. The molecule has 0 radical (unpaired) electrons. The number of aromatic nitrogens is 1. The highest BCUT2D eigenvalue weighted by Gasteiger charge is 2.06. The molecule has 0 fully saturated rings. The molecule has 212 valence electrons. The maximum atomic E-state index is 12.5. The summed E-state index contributed by atoms with van der Waals surface area (Å²) in [6, 6.07) is 15.3. The molecule has 0 unspecified atom stereocenters. The number of hydrogen-bond acceptors (Lipinski definition) is 3. The Kier molecular flexibility index (Phi) is 15.1. The minimum Gasteiger partial charge on any atom is -0.494 e. The summed E-state index contributed by atoms with van der Waals surface area (Å²) in [6.07, 6.45) is 21.0. The number of carbonyl (C=O) groups excluding carboxylic acids is 1. The molecule has 2 N–H and O–H groups in total. The molecule has 2 amide bonds. The van der Waals surface area contributed by atoms with Gasteiger partial charge >= 0.3 is 6.03 Å². The van der Waals surface area contributed by atoms with E-state index in [1.807, 2.05) is 48.5 Å². The molecule has 0 aliphatic carbocycles. The summed E-state index contributed by atoms with van der Waals surface area (Å²) in [4.78, 5) is 12.5. The molecule has 0 saturated heterocycles. The van der Waals surface area contributed by atoms with E-state index < -0.39 is 0 Å². The fourth-order valence-corrected chi connectivity index (χ4v) is 5.30. The first-order chi connectivity index (χ1) is 19.2. The zero-order valence-corrected chi connectivity index (χ0v) is 24.7. The highest BCUT2D eigenvalue weighted by molar-refractivity contribution is 7.07. The lowest BCUT2D eigenvalue weighted by atomic mass is 10.0. The summed E-state index contributed by atoms with van der Waals surface area (Å²) in [6.45, 7) is 3.81. The third kappa shape index (κ3) is 13.7. The van der Waals surface area contributed by atoms with Crippen molar-refractivity contribution in [2.24, 2.45) is 0 Å². The molecule has 39 heavy (non-hydrogen) atoms. The second kappa shape index (κ2) is 19.2. The maximum Gasteiger partial charge on any atom is 0.323 e. The van der Waals surface area contributed by atoms with Gasteiger partial charge in [0.2, 0.25) is 5.51 Å². The molecule has 1 aromatic heterocycles. The predicted molar refractivity (Wildman–Crippen MR) is 165 cm³/mol. The van der Waals surface area contributed by atoms with Gasteiger partial charge in [0.15, 0.2) is 12.7 Å². The van der Waals surface area contributed by atoms with E-state index in [9.17, 15) is 4.79 Å². The van der Waals surface area contributed by atoms with Crippen molar-refractivity contribution in [3.63, 3.8) is 0 Å². The van der Waals surface area contributed by atoms with E-state index in [2.05, 4.69) is 39.2 Å². The van der Waals surface area contributed by atoms with Gasteiger partial charge in [-0.15, -0.1) is 0 Å². The maximum absolute atomic E-state index is 12.5. The summed E-state index contributed by atoms with van der Waals surface area (Å²) in [5.74, 6) is 0.790. The van der Waals surface area contributed by atoms with E-state index in [0.717, 1.165) is 30.1 Å². The number of hydrogen-bond donors (Lipinski definition) is 2. The van der Waals surface area contributed by atoms with Crippen LogP contribution in [0.4, 0.5) is 16.2 Å². The Morgan fingerprint density at radius 3 is 2.00 bits per heavy atom. The van der Waals surface area contributed by atoms with E-state index in [1.54, 1.807) is 11.3 Å². The third-order valence-electron chi connectivity index (χ3n) is 6.96. The summed E-state index contributed by atoms with van der Waals surface area (Å²) in [5, 5.41) is 7.86. The number of nitrogens with one attached hydrogen (secondary N) is 2. The van der Waals surface area contributed by atoms with E-state index >= 15 is 0 Å². The van der Waals surface area contributed by atoms with Gasteiger partial charge < -0.3 is 15.4 Å². The Morgan fingerprint density at radius 2 is 1.38 bits per heavy atom. The number of thiazole rings is 1. The van der Waals surface area contributed by atoms with Gasteiger partial charge in [0.05, 0.1) is 12.0 Å². The number of rotatable bonds is 20. The third-order valence-corrected chi connectivity index (χ3v) is 7.63. The van der Waals surface area contributed by atoms with Crippen molar-refractivity contribution in [3.8, 4) is 5.75 Å². The van der Waals surface area contributed by atoms with Crippen LogP contribution in [0.1, 0.15) is 102 Å². The van der Waals surface area contributed by atoms with Crippen LogP contribution in [0.25, 0.3) is 0 Å². The van der Waals surface area contributed by atoms with Gasteiger partial charge in [-0.3, -0.25) is 0 Å². The van der Waals surface area contributed by atoms with Crippen molar-refractivity contribution >= 4 is 28.7 Å². The molecule has 6 heteroatoms. The molecule has 3 rings (SSSR count). The lowest BCUT2D eigenvalue weighted by Crippen LogP contribution is -2.30. The van der Waals surface area contributed by atoms with Crippen LogP contribution in [0.2, 0.25) is 0 Å². The van der Waals surface area contributed by atoms with Crippen LogP contribution in [0.5, 0.6) is 5.75 Å². The first-order valence-electron chi connectivity index (χ1n) is 15.0. The minimum absolute atomic E-state index is 0.265. The van der Waals surface area contributed by atoms with E-state index in [4.69, 9.17) is 4.74 Å². The quantitative estimate of drug-likeness (QED) is 0.109. The summed E-state index contributed by atoms with van der Waals surface area (Å²) < 4.78 is 8.07. The Balaban J connectivity index is 1.21. The minimum atomic E-state index is -0.265. The monoisotopic (exact) mass is 550 g/mol. The highest BCUT2D eigenvalue weighted by Crippen LogP contribution is 2.19. The molecule has 0 spiro atoms. The molecule has 0 aliphatic heterocycles.